The van der Waals surface area contributed by atoms with E-state index in [2.05, 4.69) is 20.7 Å². The summed E-state index contributed by atoms with van der Waals surface area (Å²) < 4.78 is 26.3. The molecule has 1 unspecified atom stereocenters. The molecule has 0 radical (unpaired) electrons. The van der Waals surface area contributed by atoms with Gasteiger partial charge in [0.25, 0.3) is 0 Å². The maximum atomic E-state index is 11.9. The van der Waals surface area contributed by atoms with Gasteiger partial charge in [-0.05, 0) is 25.1 Å². The number of benzene rings is 1. The topological polar surface area (TPSA) is 46.2 Å². The fourth-order valence-electron chi connectivity index (χ4n) is 1.04. The monoisotopic (exact) mass is 345 g/mol. The van der Waals surface area contributed by atoms with E-state index >= 15 is 0 Å². The van der Waals surface area contributed by atoms with Gasteiger partial charge >= 0.3 is 0 Å². The molecule has 0 saturated heterocycles. The normalized spacial score (nSPS) is 13.8. The molecule has 0 aliphatic carbocycles. The third-order valence-electron chi connectivity index (χ3n) is 1.77. The predicted octanol–water partition coefficient (Wildman–Crippen LogP) is 3.06. The Morgan fingerprint density at radius 2 is 2.06 bits per heavy atom. The van der Waals surface area contributed by atoms with Gasteiger partial charge in [-0.25, -0.2) is 13.1 Å². The molecule has 7 heteroatoms. The van der Waals surface area contributed by atoms with Crippen LogP contribution < -0.4 is 4.72 Å². The number of hydrogen-bond donors (Lipinski definition) is 1. The van der Waals surface area contributed by atoms with Crippen molar-refractivity contribution < 1.29 is 8.42 Å². The SMILES string of the molecule is CC(CBr)NS(=O)(=O)c1cc(Cl)ccc1Cl. The van der Waals surface area contributed by atoms with Crippen molar-refractivity contribution in [2.75, 3.05) is 5.33 Å². The molecule has 0 aliphatic rings. The van der Waals surface area contributed by atoms with Crippen molar-refractivity contribution >= 4 is 49.2 Å². The van der Waals surface area contributed by atoms with Crippen LogP contribution in [0.1, 0.15) is 6.92 Å². The highest BCUT2D eigenvalue weighted by Gasteiger charge is 2.20. The van der Waals surface area contributed by atoms with Gasteiger partial charge in [-0.1, -0.05) is 39.1 Å². The van der Waals surface area contributed by atoms with E-state index in [0.29, 0.717) is 10.4 Å². The second-order valence-electron chi connectivity index (χ2n) is 3.25. The number of nitrogens with one attached hydrogen (secondary N) is 1. The molecule has 0 fully saturated rings. The maximum absolute atomic E-state index is 11.9. The van der Waals surface area contributed by atoms with Crippen molar-refractivity contribution in [1.82, 2.24) is 4.72 Å². The van der Waals surface area contributed by atoms with Crippen molar-refractivity contribution in [3.8, 4) is 0 Å². The van der Waals surface area contributed by atoms with Gasteiger partial charge in [-0.3, -0.25) is 0 Å². The lowest BCUT2D eigenvalue weighted by molar-refractivity contribution is 0.571. The van der Waals surface area contributed by atoms with Gasteiger partial charge < -0.3 is 0 Å². The van der Waals surface area contributed by atoms with Crippen molar-refractivity contribution in [3.05, 3.63) is 28.2 Å². The number of hydrogen-bond acceptors (Lipinski definition) is 2. The number of alkyl halides is 1. The van der Waals surface area contributed by atoms with Crippen LogP contribution in [0.5, 0.6) is 0 Å². The molecule has 0 amide bonds. The van der Waals surface area contributed by atoms with Crippen LogP contribution in [0.15, 0.2) is 23.1 Å². The highest BCUT2D eigenvalue weighted by atomic mass is 79.9. The Morgan fingerprint density at radius 3 is 2.62 bits per heavy atom. The molecule has 0 heterocycles. The van der Waals surface area contributed by atoms with E-state index in [-0.39, 0.29) is 16.0 Å². The summed E-state index contributed by atoms with van der Waals surface area (Å²) in [5.41, 5.74) is 0. The van der Waals surface area contributed by atoms with Crippen LogP contribution in [0, 0.1) is 0 Å². The zero-order valence-electron chi connectivity index (χ0n) is 8.38. The summed E-state index contributed by atoms with van der Waals surface area (Å²) in [4.78, 5) is -0.00512. The van der Waals surface area contributed by atoms with Gasteiger partial charge in [-0.2, -0.15) is 0 Å². The minimum Gasteiger partial charge on any atom is -0.207 e. The van der Waals surface area contributed by atoms with E-state index < -0.39 is 10.0 Å². The average molecular weight is 347 g/mol. The van der Waals surface area contributed by atoms with Crippen LogP contribution in [-0.2, 0) is 10.0 Å². The molecule has 0 aliphatic heterocycles. The zero-order valence-corrected chi connectivity index (χ0v) is 12.3. The molecule has 0 saturated carbocycles. The second kappa shape index (κ2) is 5.69. The molecule has 0 aromatic heterocycles. The van der Waals surface area contributed by atoms with E-state index in [1.165, 1.54) is 18.2 Å². The summed E-state index contributed by atoms with van der Waals surface area (Å²) in [6.07, 6.45) is 0. The fraction of sp³-hybridized carbons (Fsp3) is 0.333. The highest BCUT2D eigenvalue weighted by molar-refractivity contribution is 9.09. The molecule has 3 nitrogen and oxygen atoms in total. The highest BCUT2D eigenvalue weighted by Crippen LogP contribution is 2.24. The first-order valence-corrected chi connectivity index (χ1v) is 7.76. The van der Waals surface area contributed by atoms with Crippen molar-refractivity contribution in [2.24, 2.45) is 0 Å². The lowest BCUT2D eigenvalue weighted by Gasteiger charge is -2.12. The summed E-state index contributed by atoms with van der Waals surface area (Å²) >= 11 is 14.7. The Kier molecular flexibility index (Phi) is 5.07. The lowest BCUT2D eigenvalue weighted by Crippen LogP contribution is -2.33. The first kappa shape index (κ1) is 14.3. The van der Waals surface area contributed by atoms with Crippen LogP contribution in [0.25, 0.3) is 0 Å². The molecule has 1 N–H and O–H groups in total. The Balaban J connectivity index is 3.12. The Labute approximate surface area is 113 Å². The molecule has 1 rings (SSSR count). The molecular weight excluding hydrogens is 337 g/mol. The van der Waals surface area contributed by atoms with Crippen molar-refractivity contribution in [3.63, 3.8) is 0 Å². The summed E-state index contributed by atoms with van der Waals surface area (Å²) in [7, 11) is -3.62. The third kappa shape index (κ3) is 3.60. The first-order valence-electron chi connectivity index (χ1n) is 4.40. The quantitative estimate of drug-likeness (QED) is 0.851. The summed E-state index contributed by atoms with van der Waals surface area (Å²) in [6.45, 7) is 1.74. The van der Waals surface area contributed by atoms with E-state index in [1.807, 2.05) is 0 Å². The molecule has 1 aromatic rings. The fourth-order valence-corrected chi connectivity index (χ4v) is 3.43. The molecule has 16 heavy (non-hydrogen) atoms. The van der Waals surface area contributed by atoms with E-state index in [9.17, 15) is 8.42 Å². The van der Waals surface area contributed by atoms with E-state index in [1.54, 1.807) is 6.92 Å². The standard InChI is InChI=1S/C9H10BrCl2NO2S/c1-6(5-10)13-16(14,15)9-4-7(11)2-3-8(9)12/h2-4,6,13H,5H2,1H3. The lowest BCUT2D eigenvalue weighted by atomic mass is 10.4. The number of rotatable bonds is 4. The van der Waals surface area contributed by atoms with Gasteiger partial charge in [0.15, 0.2) is 0 Å². The van der Waals surface area contributed by atoms with Gasteiger partial charge in [-0.15, -0.1) is 0 Å². The second-order valence-corrected chi connectivity index (χ2v) is 6.42. The molecular formula is C9H10BrCl2NO2S. The van der Waals surface area contributed by atoms with Crippen molar-refractivity contribution in [1.29, 1.82) is 0 Å². The van der Waals surface area contributed by atoms with Crippen LogP contribution in [0.4, 0.5) is 0 Å². The molecule has 90 valence electrons. The largest absolute Gasteiger partial charge is 0.242 e. The third-order valence-corrected chi connectivity index (χ3v) is 5.05. The van der Waals surface area contributed by atoms with Gasteiger partial charge in [0.1, 0.15) is 4.90 Å². The van der Waals surface area contributed by atoms with E-state index in [0.717, 1.165) is 0 Å². The summed E-state index contributed by atoms with van der Waals surface area (Å²) in [5, 5.41) is 1.000. The smallest absolute Gasteiger partial charge is 0.207 e. The Hall–Kier alpha value is 0.190. The first-order chi connectivity index (χ1) is 7.36. The van der Waals surface area contributed by atoms with Crippen LogP contribution in [0.3, 0.4) is 0 Å². The Bertz CT molecular complexity index is 478. The average Bonchev–Trinajstić information content (AvgIpc) is 2.20. The van der Waals surface area contributed by atoms with Gasteiger partial charge in [0, 0.05) is 16.4 Å². The summed E-state index contributed by atoms with van der Waals surface area (Å²) in [6, 6.07) is 4.10. The molecule has 1 atom stereocenters. The molecule has 0 bridgehead atoms. The zero-order chi connectivity index (χ0) is 12.3. The molecule has 0 spiro atoms. The number of halogens is 3. The van der Waals surface area contributed by atoms with Crippen molar-refractivity contribution in [2.45, 2.75) is 17.9 Å². The van der Waals surface area contributed by atoms with Gasteiger partial charge in [0.2, 0.25) is 10.0 Å². The van der Waals surface area contributed by atoms with Crippen LogP contribution in [0.2, 0.25) is 10.0 Å². The Morgan fingerprint density at radius 1 is 1.44 bits per heavy atom. The van der Waals surface area contributed by atoms with Crippen LogP contribution in [-0.4, -0.2) is 19.8 Å². The minimum atomic E-state index is -3.62. The minimum absolute atomic E-state index is 0.00512. The molecule has 1 aromatic carbocycles. The van der Waals surface area contributed by atoms with Gasteiger partial charge in [0.05, 0.1) is 5.02 Å². The summed E-state index contributed by atoms with van der Waals surface area (Å²) in [5.74, 6) is 0. The van der Waals surface area contributed by atoms with Crippen LogP contribution >= 0.6 is 39.1 Å². The van der Waals surface area contributed by atoms with E-state index in [4.69, 9.17) is 23.2 Å². The number of sulfonamides is 1. The maximum Gasteiger partial charge on any atom is 0.242 e. The predicted molar refractivity (Wildman–Crippen MR) is 70.0 cm³/mol.